The predicted octanol–water partition coefficient (Wildman–Crippen LogP) is 3.88. The summed E-state index contributed by atoms with van der Waals surface area (Å²) in [5.41, 5.74) is 1.51. The van der Waals surface area contributed by atoms with E-state index in [1.165, 1.54) is 11.3 Å². The lowest BCUT2D eigenvalue weighted by Gasteiger charge is -2.24. The summed E-state index contributed by atoms with van der Waals surface area (Å²) in [6.45, 7) is 3.77. The van der Waals surface area contributed by atoms with Crippen LogP contribution in [0.25, 0.3) is 6.08 Å². The molecule has 0 N–H and O–H groups in total. The van der Waals surface area contributed by atoms with Gasteiger partial charge in [-0.25, -0.2) is 9.79 Å². The minimum atomic E-state index is -0.614. The first-order valence-corrected chi connectivity index (χ1v) is 12.3. The number of hydrogen-bond donors (Lipinski definition) is 0. The zero-order valence-electron chi connectivity index (χ0n) is 17.0. The summed E-state index contributed by atoms with van der Waals surface area (Å²) in [5, 5.41) is 0. The standard InChI is InChI=1S/C22H19BrN2O4S2/c1-4-28-21(27)18-12(2)24-22-25(19(18)13-5-8-15(30-3)9-6-13)20(26)16(31-22)11-14-7-10-17(23)29-14/h5-11,19H,4H2,1-3H3/b16-11-/t19-/m1/s1. The van der Waals surface area contributed by atoms with E-state index in [9.17, 15) is 9.59 Å². The maximum absolute atomic E-state index is 13.4. The van der Waals surface area contributed by atoms with E-state index in [4.69, 9.17) is 9.15 Å². The molecule has 3 aromatic rings. The van der Waals surface area contributed by atoms with Gasteiger partial charge in [-0.1, -0.05) is 23.5 Å². The molecule has 6 nitrogen and oxygen atoms in total. The van der Waals surface area contributed by atoms with Crippen molar-refractivity contribution in [3.05, 3.63) is 83.3 Å². The first-order valence-electron chi connectivity index (χ1n) is 9.52. The number of furan rings is 1. The topological polar surface area (TPSA) is 73.8 Å². The molecule has 1 atom stereocenters. The fourth-order valence-corrected chi connectivity index (χ4v) is 5.18. The molecule has 3 heterocycles. The molecule has 1 aliphatic rings. The van der Waals surface area contributed by atoms with Gasteiger partial charge in [0.15, 0.2) is 9.47 Å². The van der Waals surface area contributed by atoms with E-state index < -0.39 is 12.0 Å². The van der Waals surface area contributed by atoms with Crippen LogP contribution in [0.3, 0.4) is 0 Å². The minimum absolute atomic E-state index is 0.232. The van der Waals surface area contributed by atoms with E-state index in [2.05, 4.69) is 20.9 Å². The molecule has 1 aliphatic heterocycles. The molecular formula is C22H19BrN2O4S2. The van der Waals surface area contributed by atoms with Gasteiger partial charge in [0.1, 0.15) is 5.76 Å². The van der Waals surface area contributed by atoms with Gasteiger partial charge in [-0.2, -0.15) is 0 Å². The number of aromatic nitrogens is 1. The summed E-state index contributed by atoms with van der Waals surface area (Å²) in [6, 6.07) is 10.8. The normalized spacial score (nSPS) is 16.3. The third-order valence-electron chi connectivity index (χ3n) is 4.82. The zero-order chi connectivity index (χ0) is 22.1. The summed E-state index contributed by atoms with van der Waals surface area (Å²) in [7, 11) is 0. The molecule has 160 valence electrons. The van der Waals surface area contributed by atoms with Gasteiger partial charge in [0.05, 0.1) is 28.5 Å². The van der Waals surface area contributed by atoms with E-state index in [1.807, 2.05) is 30.5 Å². The second-order valence-electron chi connectivity index (χ2n) is 6.72. The second kappa shape index (κ2) is 9.02. The molecule has 0 bridgehead atoms. The number of hydrogen-bond acceptors (Lipinski definition) is 7. The number of nitrogens with zero attached hydrogens (tertiary/aromatic N) is 2. The lowest BCUT2D eigenvalue weighted by Crippen LogP contribution is -2.39. The number of fused-ring (bicyclic) bond motifs is 1. The molecule has 0 amide bonds. The van der Waals surface area contributed by atoms with Gasteiger partial charge in [0.25, 0.3) is 5.56 Å². The zero-order valence-corrected chi connectivity index (χ0v) is 20.3. The molecule has 2 aromatic heterocycles. The highest BCUT2D eigenvalue weighted by molar-refractivity contribution is 9.10. The Kier molecular flexibility index (Phi) is 6.36. The highest BCUT2D eigenvalue weighted by atomic mass is 79.9. The number of esters is 1. The molecule has 0 radical (unpaired) electrons. The van der Waals surface area contributed by atoms with Crippen LogP contribution >= 0.6 is 39.0 Å². The van der Waals surface area contributed by atoms with Crippen LogP contribution in [0.1, 0.15) is 31.2 Å². The third kappa shape index (κ3) is 4.22. The molecule has 1 aromatic carbocycles. The lowest BCUT2D eigenvalue weighted by molar-refractivity contribution is -0.139. The molecule has 9 heteroatoms. The Labute approximate surface area is 195 Å². The number of thiazole rings is 1. The summed E-state index contributed by atoms with van der Waals surface area (Å²) in [4.78, 5) is 32.5. The second-order valence-corrected chi connectivity index (χ2v) is 9.39. The molecule has 0 unspecified atom stereocenters. The Morgan fingerprint density at radius 2 is 2.06 bits per heavy atom. The van der Waals surface area contributed by atoms with Gasteiger partial charge in [0, 0.05) is 11.0 Å². The van der Waals surface area contributed by atoms with E-state index in [0.717, 1.165) is 10.5 Å². The summed E-state index contributed by atoms with van der Waals surface area (Å²) < 4.78 is 13.5. The van der Waals surface area contributed by atoms with Crippen molar-refractivity contribution < 1.29 is 13.9 Å². The number of allylic oxidation sites excluding steroid dienone is 1. The molecule has 0 fully saturated rings. The third-order valence-corrected chi connectivity index (χ3v) is 6.97. The number of ether oxygens (including phenoxy) is 1. The number of carbonyl (C=O) groups is 1. The minimum Gasteiger partial charge on any atom is -0.463 e. The van der Waals surface area contributed by atoms with Crippen LogP contribution in [0.2, 0.25) is 0 Å². The Hall–Kier alpha value is -2.36. The first kappa shape index (κ1) is 21.9. The van der Waals surface area contributed by atoms with Crippen molar-refractivity contribution in [3.63, 3.8) is 0 Å². The van der Waals surface area contributed by atoms with E-state index >= 15 is 0 Å². The fourth-order valence-electron chi connectivity index (χ4n) is 3.43. The van der Waals surface area contributed by atoms with Crippen molar-refractivity contribution in [2.24, 2.45) is 4.99 Å². The molecule has 0 aliphatic carbocycles. The van der Waals surface area contributed by atoms with Crippen LogP contribution in [0.15, 0.2) is 71.4 Å². The summed E-state index contributed by atoms with van der Waals surface area (Å²) in [6.07, 6.45) is 3.69. The van der Waals surface area contributed by atoms with Crippen LogP contribution in [0, 0.1) is 0 Å². The lowest BCUT2D eigenvalue weighted by atomic mass is 9.96. The van der Waals surface area contributed by atoms with E-state index in [-0.39, 0.29) is 12.2 Å². The Morgan fingerprint density at radius 3 is 2.68 bits per heavy atom. The molecule has 0 spiro atoms. The SMILES string of the molecule is CCOC(=O)C1=C(C)N=c2s/c(=C\c3ccc(Br)o3)c(=O)n2[C@@H]1c1ccc(SC)cc1. The maximum atomic E-state index is 13.4. The average Bonchev–Trinajstić information content (AvgIpc) is 3.30. The molecule has 4 rings (SSSR count). The highest BCUT2D eigenvalue weighted by Gasteiger charge is 2.33. The number of halogens is 1. The Balaban J connectivity index is 1.94. The molecule has 0 saturated heterocycles. The summed E-state index contributed by atoms with van der Waals surface area (Å²) in [5.74, 6) is 0.0891. The van der Waals surface area contributed by atoms with Crippen molar-refractivity contribution in [2.75, 3.05) is 12.9 Å². The monoisotopic (exact) mass is 518 g/mol. The van der Waals surface area contributed by atoms with Crippen LogP contribution < -0.4 is 14.9 Å². The Bertz CT molecular complexity index is 1350. The van der Waals surface area contributed by atoms with Crippen LogP contribution in [0.4, 0.5) is 0 Å². The van der Waals surface area contributed by atoms with Gasteiger partial charge in [-0.15, -0.1) is 11.8 Å². The molecule has 31 heavy (non-hydrogen) atoms. The summed E-state index contributed by atoms with van der Waals surface area (Å²) >= 11 is 6.17. The number of thioether (sulfide) groups is 1. The smallest absolute Gasteiger partial charge is 0.338 e. The van der Waals surface area contributed by atoms with E-state index in [1.54, 1.807) is 48.4 Å². The van der Waals surface area contributed by atoms with Gasteiger partial charge >= 0.3 is 5.97 Å². The van der Waals surface area contributed by atoms with Gasteiger partial charge in [-0.3, -0.25) is 9.36 Å². The number of carbonyl (C=O) groups excluding carboxylic acids is 1. The highest BCUT2D eigenvalue weighted by Crippen LogP contribution is 2.31. The average molecular weight is 519 g/mol. The Morgan fingerprint density at radius 1 is 1.32 bits per heavy atom. The largest absolute Gasteiger partial charge is 0.463 e. The maximum Gasteiger partial charge on any atom is 0.338 e. The van der Waals surface area contributed by atoms with Crippen LogP contribution in [-0.2, 0) is 9.53 Å². The van der Waals surface area contributed by atoms with Gasteiger partial charge in [-0.05, 0) is 65.9 Å². The van der Waals surface area contributed by atoms with Crippen molar-refractivity contribution in [3.8, 4) is 0 Å². The predicted molar refractivity (Wildman–Crippen MR) is 125 cm³/mol. The van der Waals surface area contributed by atoms with Crippen molar-refractivity contribution in [1.82, 2.24) is 4.57 Å². The fraction of sp³-hybridized carbons (Fsp3) is 0.227. The molecular weight excluding hydrogens is 500 g/mol. The van der Waals surface area contributed by atoms with Crippen molar-refractivity contribution >= 4 is 51.1 Å². The van der Waals surface area contributed by atoms with Crippen LogP contribution in [0.5, 0.6) is 0 Å². The number of rotatable bonds is 5. The van der Waals surface area contributed by atoms with Gasteiger partial charge in [0.2, 0.25) is 0 Å². The van der Waals surface area contributed by atoms with E-state index in [0.29, 0.717) is 31.0 Å². The first-order chi connectivity index (χ1) is 14.9. The quantitative estimate of drug-likeness (QED) is 0.378. The van der Waals surface area contributed by atoms with Crippen molar-refractivity contribution in [2.45, 2.75) is 24.8 Å². The van der Waals surface area contributed by atoms with Crippen LogP contribution in [-0.4, -0.2) is 23.4 Å². The van der Waals surface area contributed by atoms with Crippen molar-refractivity contribution in [1.29, 1.82) is 0 Å². The number of benzene rings is 1. The van der Waals surface area contributed by atoms with Gasteiger partial charge < -0.3 is 9.15 Å². The molecule has 0 saturated carbocycles.